The van der Waals surface area contributed by atoms with Gasteiger partial charge in [-0.3, -0.25) is 4.31 Å². The van der Waals surface area contributed by atoms with Gasteiger partial charge in [0.05, 0.1) is 5.69 Å². The number of nitrogens with zero attached hydrogens (tertiary/aromatic N) is 3. The van der Waals surface area contributed by atoms with Crippen LogP contribution in [0.1, 0.15) is 18.5 Å². The quantitative estimate of drug-likeness (QED) is 0.775. The maximum Gasteiger partial charge on any atom is 0.241 e. The monoisotopic (exact) mass is 335 g/mol. The van der Waals surface area contributed by atoms with Crippen molar-refractivity contribution in [3.05, 3.63) is 48.4 Å². The molecule has 1 saturated heterocycles. The van der Waals surface area contributed by atoms with Crippen LogP contribution in [0, 0.1) is 0 Å². The van der Waals surface area contributed by atoms with E-state index in [1.165, 1.54) is 23.4 Å². The highest BCUT2D eigenvalue weighted by Gasteiger charge is 2.25. The van der Waals surface area contributed by atoms with Gasteiger partial charge in [-0.2, -0.15) is 0 Å². The van der Waals surface area contributed by atoms with Crippen molar-refractivity contribution in [3.8, 4) is 0 Å². The maximum absolute atomic E-state index is 12.8. The molecular weight excluding hydrogens is 314 g/mol. The number of hydrogen-bond donors (Lipinski definition) is 0. The van der Waals surface area contributed by atoms with E-state index in [0.29, 0.717) is 17.9 Å². The van der Waals surface area contributed by atoms with Gasteiger partial charge in [-0.25, -0.2) is 8.42 Å². The van der Waals surface area contributed by atoms with E-state index < -0.39 is 10.0 Å². The van der Waals surface area contributed by atoms with Crippen LogP contribution in [0.15, 0.2) is 47.2 Å². The van der Waals surface area contributed by atoms with Crippen molar-refractivity contribution in [2.45, 2.75) is 18.6 Å². The molecule has 0 saturated carbocycles. The van der Waals surface area contributed by atoms with Gasteiger partial charge in [0.2, 0.25) is 10.0 Å². The lowest BCUT2D eigenvalue weighted by Crippen LogP contribution is -2.38. The summed E-state index contributed by atoms with van der Waals surface area (Å²) < 4.78 is 31.9. The van der Waals surface area contributed by atoms with Gasteiger partial charge in [-0.1, -0.05) is 23.4 Å². The van der Waals surface area contributed by atoms with Crippen LogP contribution in [0.4, 0.5) is 5.69 Å². The highest BCUT2D eigenvalue weighted by molar-refractivity contribution is 7.92. The molecule has 0 aliphatic carbocycles. The average Bonchev–Trinajstić information content (AvgIpc) is 3.21. The normalized spacial score (nSPS) is 15.8. The number of benzene rings is 1. The van der Waals surface area contributed by atoms with Gasteiger partial charge in [0, 0.05) is 19.2 Å². The summed E-state index contributed by atoms with van der Waals surface area (Å²) in [5.74, 6) is -0.154. The predicted octanol–water partition coefficient (Wildman–Crippen LogP) is 2.11. The van der Waals surface area contributed by atoms with E-state index in [0.717, 1.165) is 19.6 Å². The molecule has 23 heavy (non-hydrogen) atoms. The van der Waals surface area contributed by atoms with Crippen molar-refractivity contribution in [1.29, 1.82) is 0 Å². The minimum atomic E-state index is -3.51. The molecular formula is C16H21N3O3S. The average molecular weight is 335 g/mol. The summed E-state index contributed by atoms with van der Waals surface area (Å²) >= 11 is 0. The lowest BCUT2D eigenvalue weighted by molar-refractivity contribution is 0.349. The summed E-state index contributed by atoms with van der Waals surface area (Å²) in [6.07, 6.45) is 3.77. The van der Waals surface area contributed by atoms with Crippen molar-refractivity contribution in [3.63, 3.8) is 0 Å². The molecule has 2 aromatic rings. The molecule has 0 spiro atoms. The topological polar surface area (TPSA) is 66.7 Å². The molecule has 7 heteroatoms. The zero-order valence-electron chi connectivity index (χ0n) is 13.0. The van der Waals surface area contributed by atoms with E-state index in [1.807, 2.05) is 30.3 Å². The Kier molecular flexibility index (Phi) is 4.97. The number of aromatic nitrogens is 1. The van der Waals surface area contributed by atoms with E-state index in [4.69, 9.17) is 4.52 Å². The Hall–Kier alpha value is -1.86. The van der Waals surface area contributed by atoms with E-state index in [1.54, 1.807) is 6.07 Å². The zero-order chi connectivity index (χ0) is 16.1. The fraction of sp³-hybridized carbons (Fsp3) is 0.438. The lowest BCUT2D eigenvalue weighted by atomic mass is 10.3. The molecule has 124 valence electrons. The summed E-state index contributed by atoms with van der Waals surface area (Å²) in [6, 6.07) is 10.8. The third kappa shape index (κ3) is 4.11. The number of sulfonamides is 1. The van der Waals surface area contributed by atoms with Crippen molar-refractivity contribution >= 4 is 15.7 Å². The molecule has 0 radical (unpaired) electrons. The second-order valence-corrected chi connectivity index (χ2v) is 7.60. The van der Waals surface area contributed by atoms with E-state index in [-0.39, 0.29) is 5.75 Å². The van der Waals surface area contributed by atoms with Gasteiger partial charge in [0.25, 0.3) is 0 Å². The fourth-order valence-electron chi connectivity index (χ4n) is 2.84. The molecule has 6 nitrogen and oxygen atoms in total. The van der Waals surface area contributed by atoms with E-state index in [2.05, 4.69) is 10.1 Å². The Labute approximate surface area is 136 Å². The Morgan fingerprint density at radius 2 is 1.87 bits per heavy atom. The van der Waals surface area contributed by atoms with Crippen LogP contribution < -0.4 is 4.31 Å². The number of rotatable bonds is 7. The van der Waals surface area contributed by atoms with E-state index >= 15 is 0 Å². The van der Waals surface area contributed by atoms with Crippen LogP contribution in [0.2, 0.25) is 0 Å². The molecule has 1 fully saturated rings. The van der Waals surface area contributed by atoms with E-state index in [9.17, 15) is 8.42 Å². The Balaban J connectivity index is 1.78. The molecule has 0 amide bonds. The minimum absolute atomic E-state index is 0.154. The van der Waals surface area contributed by atoms with Crippen LogP contribution in [0.5, 0.6) is 0 Å². The zero-order valence-corrected chi connectivity index (χ0v) is 13.8. The lowest BCUT2D eigenvalue weighted by Gasteiger charge is -2.26. The molecule has 1 aliphatic heterocycles. The molecule has 1 aliphatic rings. The minimum Gasteiger partial charge on any atom is -0.364 e. The van der Waals surface area contributed by atoms with Crippen molar-refractivity contribution in [1.82, 2.24) is 10.1 Å². The Morgan fingerprint density at radius 1 is 1.13 bits per heavy atom. The Morgan fingerprint density at radius 3 is 2.52 bits per heavy atom. The first kappa shape index (κ1) is 16.0. The first-order valence-electron chi connectivity index (χ1n) is 7.82. The summed E-state index contributed by atoms with van der Waals surface area (Å²) in [7, 11) is -3.51. The first-order valence-corrected chi connectivity index (χ1v) is 9.43. The van der Waals surface area contributed by atoms with Gasteiger partial charge < -0.3 is 9.42 Å². The SMILES string of the molecule is O=S(=O)(Cc1ccon1)N(CCN1CCCC1)c1ccccc1. The number of anilines is 1. The summed E-state index contributed by atoms with van der Waals surface area (Å²) in [6.45, 7) is 3.29. The predicted molar refractivity (Wildman–Crippen MR) is 88.6 cm³/mol. The molecule has 2 heterocycles. The highest BCUT2D eigenvalue weighted by Crippen LogP contribution is 2.20. The van der Waals surface area contributed by atoms with Crippen LogP contribution in [-0.4, -0.2) is 44.7 Å². The smallest absolute Gasteiger partial charge is 0.241 e. The standard InChI is InChI=1S/C16H21N3O3S/c20-23(21,14-15-8-13-22-17-15)19(16-6-2-1-3-7-16)12-11-18-9-4-5-10-18/h1-3,6-8,13H,4-5,9-12,14H2. The number of likely N-dealkylation sites (tertiary alicyclic amines) is 1. The van der Waals surface area contributed by atoms with Crippen LogP contribution in [0.25, 0.3) is 0 Å². The Bertz CT molecular complexity index is 695. The van der Waals surface area contributed by atoms with Crippen molar-refractivity contribution in [2.75, 3.05) is 30.5 Å². The third-order valence-corrected chi connectivity index (χ3v) is 5.75. The number of para-hydroxylation sites is 1. The van der Waals surface area contributed by atoms with Crippen LogP contribution in [-0.2, 0) is 15.8 Å². The van der Waals surface area contributed by atoms with Crippen molar-refractivity contribution in [2.24, 2.45) is 0 Å². The molecule has 1 aromatic heterocycles. The fourth-order valence-corrected chi connectivity index (χ4v) is 4.32. The molecule has 0 bridgehead atoms. The summed E-state index contributed by atoms with van der Waals surface area (Å²) in [5.41, 5.74) is 1.11. The van der Waals surface area contributed by atoms with Gasteiger partial charge in [0.15, 0.2) is 0 Å². The number of hydrogen-bond acceptors (Lipinski definition) is 5. The van der Waals surface area contributed by atoms with Gasteiger partial charge in [-0.05, 0) is 38.1 Å². The van der Waals surface area contributed by atoms with Gasteiger partial charge >= 0.3 is 0 Å². The largest absolute Gasteiger partial charge is 0.364 e. The first-order chi connectivity index (χ1) is 11.1. The molecule has 3 rings (SSSR count). The summed E-state index contributed by atoms with van der Waals surface area (Å²) in [4.78, 5) is 2.31. The highest BCUT2D eigenvalue weighted by atomic mass is 32.2. The van der Waals surface area contributed by atoms with Crippen LogP contribution in [0.3, 0.4) is 0 Å². The van der Waals surface area contributed by atoms with Crippen LogP contribution >= 0.6 is 0 Å². The summed E-state index contributed by atoms with van der Waals surface area (Å²) in [5, 5.41) is 3.72. The molecule has 1 aromatic carbocycles. The second-order valence-electron chi connectivity index (χ2n) is 5.70. The molecule has 0 N–H and O–H groups in total. The van der Waals surface area contributed by atoms with Gasteiger partial charge in [-0.15, -0.1) is 0 Å². The maximum atomic E-state index is 12.8. The van der Waals surface area contributed by atoms with Gasteiger partial charge in [0.1, 0.15) is 17.7 Å². The third-order valence-electron chi connectivity index (χ3n) is 4.02. The molecule has 0 unspecified atom stereocenters. The second kappa shape index (κ2) is 7.14. The van der Waals surface area contributed by atoms with Crippen molar-refractivity contribution < 1.29 is 12.9 Å². The molecule has 0 atom stereocenters.